The van der Waals surface area contributed by atoms with Gasteiger partial charge in [0.2, 0.25) is 0 Å². The van der Waals surface area contributed by atoms with E-state index in [1.807, 2.05) is 6.07 Å². The van der Waals surface area contributed by atoms with Crippen molar-refractivity contribution < 1.29 is 14.3 Å². The number of aromatic nitrogens is 3. The van der Waals surface area contributed by atoms with Crippen LogP contribution in [0.2, 0.25) is 0 Å². The Hall–Kier alpha value is -2.63. The minimum Gasteiger partial charge on any atom is -0.481 e. The molecule has 0 amide bonds. The molecule has 0 saturated heterocycles. The molecule has 0 atom stereocenters. The molecule has 0 radical (unpaired) electrons. The zero-order valence-corrected chi connectivity index (χ0v) is 9.28. The molecule has 0 fully saturated rings. The fourth-order valence-electron chi connectivity index (χ4n) is 1.81. The summed E-state index contributed by atoms with van der Waals surface area (Å²) in [5.74, 6) is -0.258. The summed E-state index contributed by atoms with van der Waals surface area (Å²) in [5, 5.41) is 8.76. The van der Waals surface area contributed by atoms with Crippen LogP contribution >= 0.6 is 0 Å². The smallest absolute Gasteiger partial charge is 0.309 e. The van der Waals surface area contributed by atoms with Crippen molar-refractivity contribution >= 4 is 11.6 Å². The number of aliphatic carboxylic acids is 1. The summed E-state index contributed by atoms with van der Waals surface area (Å²) in [6.07, 6.45) is 6.34. The molecule has 0 spiro atoms. The normalized spacial score (nSPS) is 10.9. The second-order valence-electron chi connectivity index (χ2n) is 3.82. The van der Waals surface area contributed by atoms with Gasteiger partial charge in [0.15, 0.2) is 5.65 Å². The van der Waals surface area contributed by atoms with Gasteiger partial charge >= 0.3 is 5.97 Å². The van der Waals surface area contributed by atoms with Crippen LogP contribution in [0.25, 0.3) is 17.0 Å². The van der Waals surface area contributed by atoms with Crippen molar-refractivity contribution in [3.8, 4) is 11.3 Å². The number of nitrogens with zero attached hydrogens (tertiary/aromatic N) is 3. The SMILES string of the molecule is O=C(O)Cc1cn2cncc(-c3ccco3)c2n1. The van der Waals surface area contributed by atoms with Gasteiger partial charge in [0.1, 0.15) is 12.1 Å². The van der Waals surface area contributed by atoms with Gasteiger partial charge in [-0.05, 0) is 12.1 Å². The summed E-state index contributed by atoms with van der Waals surface area (Å²) in [4.78, 5) is 19.0. The van der Waals surface area contributed by atoms with Crippen LogP contribution in [0.4, 0.5) is 0 Å². The molecule has 0 aliphatic rings. The maximum absolute atomic E-state index is 10.7. The Kier molecular flexibility index (Phi) is 2.33. The van der Waals surface area contributed by atoms with E-state index in [-0.39, 0.29) is 6.42 Å². The Morgan fingerprint density at radius 1 is 1.50 bits per heavy atom. The molecule has 3 heterocycles. The molecule has 6 heteroatoms. The van der Waals surface area contributed by atoms with Gasteiger partial charge in [-0.2, -0.15) is 0 Å². The third-order valence-corrected chi connectivity index (χ3v) is 2.54. The van der Waals surface area contributed by atoms with Gasteiger partial charge in [0.05, 0.1) is 23.9 Å². The first-order valence-corrected chi connectivity index (χ1v) is 5.31. The quantitative estimate of drug-likeness (QED) is 0.755. The summed E-state index contributed by atoms with van der Waals surface area (Å²) in [6, 6.07) is 3.59. The van der Waals surface area contributed by atoms with Crippen molar-refractivity contribution in [3.05, 3.63) is 42.8 Å². The largest absolute Gasteiger partial charge is 0.481 e. The average Bonchev–Trinajstić information content (AvgIpc) is 2.94. The molecule has 0 unspecified atom stereocenters. The van der Waals surface area contributed by atoms with Gasteiger partial charge in [-0.15, -0.1) is 0 Å². The van der Waals surface area contributed by atoms with Crippen molar-refractivity contribution in [1.82, 2.24) is 14.4 Å². The Morgan fingerprint density at radius 3 is 3.11 bits per heavy atom. The van der Waals surface area contributed by atoms with Gasteiger partial charge in [-0.3, -0.25) is 9.20 Å². The number of carbonyl (C=O) groups is 1. The molecule has 18 heavy (non-hydrogen) atoms. The van der Waals surface area contributed by atoms with E-state index in [0.29, 0.717) is 17.1 Å². The first-order chi connectivity index (χ1) is 8.74. The molecule has 0 aromatic carbocycles. The van der Waals surface area contributed by atoms with Gasteiger partial charge in [-0.25, -0.2) is 9.97 Å². The Labute approximate surface area is 102 Å². The number of furan rings is 1. The van der Waals surface area contributed by atoms with E-state index in [4.69, 9.17) is 9.52 Å². The van der Waals surface area contributed by atoms with Gasteiger partial charge < -0.3 is 9.52 Å². The molecule has 0 saturated carbocycles. The number of rotatable bonds is 3. The Morgan fingerprint density at radius 2 is 2.39 bits per heavy atom. The molecule has 90 valence electrons. The maximum Gasteiger partial charge on any atom is 0.309 e. The third kappa shape index (κ3) is 1.73. The van der Waals surface area contributed by atoms with E-state index >= 15 is 0 Å². The van der Waals surface area contributed by atoms with Crippen LogP contribution in [-0.2, 0) is 11.2 Å². The van der Waals surface area contributed by atoms with Crippen LogP contribution in [0.15, 0.2) is 41.5 Å². The molecule has 3 aromatic rings. The van der Waals surface area contributed by atoms with Crippen LogP contribution in [-0.4, -0.2) is 25.4 Å². The summed E-state index contributed by atoms with van der Waals surface area (Å²) in [6.45, 7) is 0. The van der Waals surface area contributed by atoms with E-state index in [0.717, 1.165) is 5.56 Å². The fraction of sp³-hybridized carbons (Fsp3) is 0.0833. The summed E-state index contributed by atoms with van der Waals surface area (Å²) in [5.41, 5.74) is 1.86. The second-order valence-corrected chi connectivity index (χ2v) is 3.82. The van der Waals surface area contributed by atoms with E-state index < -0.39 is 5.97 Å². The highest BCUT2D eigenvalue weighted by Gasteiger charge is 2.12. The average molecular weight is 243 g/mol. The molecule has 1 N–H and O–H groups in total. The molecular weight excluding hydrogens is 234 g/mol. The Balaban J connectivity index is 2.16. The third-order valence-electron chi connectivity index (χ3n) is 2.54. The summed E-state index contributed by atoms with van der Waals surface area (Å²) in [7, 11) is 0. The maximum atomic E-state index is 10.7. The lowest BCUT2D eigenvalue weighted by molar-refractivity contribution is -0.136. The highest BCUT2D eigenvalue weighted by Crippen LogP contribution is 2.23. The lowest BCUT2D eigenvalue weighted by Gasteiger charge is -1.98. The molecular formula is C12H9N3O3. The predicted octanol–water partition coefficient (Wildman–Crippen LogP) is 1.62. The van der Waals surface area contributed by atoms with Crippen LogP contribution in [0, 0.1) is 0 Å². The number of fused-ring (bicyclic) bond motifs is 1. The standard InChI is InChI=1S/C12H9N3O3/c16-11(17)4-8-6-15-7-13-5-9(12(15)14-8)10-2-1-3-18-10/h1-3,5-7H,4H2,(H,16,17). The van der Waals surface area contributed by atoms with E-state index in [9.17, 15) is 4.79 Å². The van der Waals surface area contributed by atoms with Crippen molar-refractivity contribution in [2.24, 2.45) is 0 Å². The van der Waals surface area contributed by atoms with Gasteiger partial charge in [0.25, 0.3) is 0 Å². The predicted molar refractivity (Wildman–Crippen MR) is 62.0 cm³/mol. The highest BCUT2D eigenvalue weighted by molar-refractivity contribution is 5.74. The highest BCUT2D eigenvalue weighted by atomic mass is 16.4. The molecule has 6 nitrogen and oxygen atoms in total. The lowest BCUT2D eigenvalue weighted by Crippen LogP contribution is -1.99. The first-order valence-electron chi connectivity index (χ1n) is 5.31. The van der Waals surface area contributed by atoms with Crippen molar-refractivity contribution in [1.29, 1.82) is 0 Å². The fourth-order valence-corrected chi connectivity index (χ4v) is 1.81. The monoisotopic (exact) mass is 243 g/mol. The van der Waals surface area contributed by atoms with Crippen LogP contribution in [0.5, 0.6) is 0 Å². The second kappa shape index (κ2) is 3.99. The minimum atomic E-state index is -0.911. The van der Waals surface area contributed by atoms with Crippen LogP contribution < -0.4 is 0 Å². The summed E-state index contributed by atoms with van der Waals surface area (Å²) >= 11 is 0. The zero-order chi connectivity index (χ0) is 12.5. The van der Waals surface area contributed by atoms with Gasteiger partial charge in [0, 0.05) is 12.4 Å². The van der Waals surface area contributed by atoms with Crippen molar-refractivity contribution in [2.75, 3.05) is 0 Å². The molecule has 0 bridgehead atoms. The number of hydrogen-bond donors (Lipinski definition) is 1. The Bertz CT molecular complexity index is 701. The van der Waals surface area contributed by atoms with E-state index in [2.05, 4.69) is 9.97 Å². The van der Waals surface area contributed by atoms with Gasteiger partial charge in [-0.1, -0.05) is 0 Å². The number of hydrogen-bond acceptors (Lipinski definition) is 4. The van der Waals surface area contributed by atoms with Crippen LogP contribution in [0.1, 0.15) is 5.69 Å². The topological polar surface area (TPSA) is 80.6 Å². The molecule has 3 rings (SSSR count). The van der Waals surface area contributed by atoms with E-state index in [1.165, 1.54) is 0 Å². The lowest BCUT2D eigenvalue weighted by atomic mass is 10.2. The van der Waals surface area contributed by atoms with Crippen molar-refractivity contribution in [3.63, 3.8) is 0 Å². The minimum absolute atomic E-state index is 0.112. The van der Waals surface area contributed by atoms with Crippen molar-refractivity contribution in [2.45, 2.75) is 6.42 Å². The number of carboxylic acids is 1. The molecule has 3 aromatic heterocycles. The zero-order valence-electron chi connectivity index (χ0n) is 9.28. The first kappa shape index (κ1) is 10.5. The molecule has 0 aliphatic heterocycles. The van der Waals surface area contributed by atoms with Crippen LogP contribution in [0.3, 0.4) is 0 Å². The number of imidazole rings is 1. The number of carboxylic acid groups (broad SMARTS) is 1. The summed E-state index contributed by atoms with van der Waals surface area (Å²) < 4.78 is 7.00. The van der Waals surface area contributed by atoms with E-state index in [1.54, 1.807) is 35.5 Å². The molecule has 0 aliphatic carbocycles.